The lowest BCUT2D eigenvalue weighted by Crippen LogP contribution is -1.86. The summed E-state index contributed by atoms with van der Waals surface area (Å²) < 4.78 is 39.7. The van der Waals surface area contributed by atoms with E-state index >= 15 is 0 Å². The summed E-state index contributed by atoms with van der Waals surface area (Å²) >= 11 is 0. The molecule has 14 heteroatoms. The third kappa shape index (κ3) is 3.72. The van der Waals surface area contributed by atoms with Gasteiger partial charge in [0.2, 0.25) is 12.2 Å². The Morgan fingerprint density at radius 1 is 0.844 bits per heavy atom. The molecule has 0 spiro atoms. The monoisotopic (exact) mass is 476 g/mol. The number of nitrogens with one attached hydrogen (secondary N) is 2. The topological polar surface area (TPSA) is 135 Å². The average molecular weight is 476 g/mol. The van der Waals surface area contributed by atoms with Crippen LogP contribution in [-0.2, 0) is 9.59 Å². The van der Waals surface area contributed by atoms with Crippen LogP contribution in [0.5, 0.6) is 12.0 Å². The van der Waals surface area contributed by atoms with Crippen LogP contribution in [0.1, 0.15) is 0 Å². The maximum atomic E-state index is 14.8. The summed E-state index contributed by atoms with van der Waals surface area (Å²) in [6.07, 6.45) is 2.74. The van der Waals surface area contributed by atoms with Gasteiger partial charge in [0.15, 0.2) is 0 Å². The van der Waals surface area contributed by atoms with Crippen molar-refractivity contribution in [3.05, 3.63) is 23.8 Å². The van der Waals surface area contributed by atoms with Crippen LogP contribution in [0.15, 0.2) is 31.9 Å². The van der Waals surface area contributed by atoms with Gasteiger partial charge in [0.05, 0.1) is 46.1 Å². The second-order valence-electron chi connectivity index (χ2n) is 5.93. The predicted octanol–water partition coefficient (Wildman–Crippen LogP) is 4.47. The Morgan fingerprint density at radius 2 is 1.25 bits per heavy atom. The largest absolute Gasteiger partial charge is 0.468 e. The molecule has 4 aromatic rings. The van der Waals surface area contributed by atoms with E-state index in [0.29, 0.717) is 0 Å². The molecule has 0 bridgehead atoms. The highest BCUT2D eigenvalue weighted by Gasteiger charge is 2.22. The number of fused-ring (bicyclic) bond motifs is 2. The zero-order valence-corrected chi connectivity index (χ0v) is 17.8. The summed E-state index contributed by atoms with van der Waals surface area (Å²) in [6, 6.07) is 2.41. The Balaban J connectivity index is 1.83. The van der Waals surface area contributed by atoms with Gasteiger partial charge in [-0.2, -0.15) is 20.0 Å². The predicted molar refractivity (Wildman–Crippen MR) is 112 cm³/mol. The summed E-state index contributed by atoms with van der Waals surface area (Å²) in [5.41, 5.74) is 0.629. The number of ether oxygens (including phenoxy) is 2. The lowest BCUT2D eigenvalue weighted by Gasteiger charge is -2.09. The van der Waals surface area contributed by atoms with Gasteiger partial charge in [-0.05, 0) is 21.6 Å². The zero-order valence-electron chi connectivity index (χ0n) is 16.1. The van der Waals surface area contributed by atoms with E-state index < -0.39 is 11.6 Å². The van der Waals surface area contributed by atoms with E-state index in [4.69, 9.17) is 9.47 Å². The highest BCUT2D eigenvalue weighted by atomic mass is 33.1. The number of rotatable bonds is 7. The summed E-state index contributed by atoms with van der Waals surface area (Å²) in [5.74, 6) is -1.52. The molecule has 0 atom stereocenters. The lowest BCUT2D eigenvalue weighted by atomic mass is 10.2. The molecule has 2 aromatic heterocycles. The Bertz CT molecular complexity index is 1350. The van der Waals surface area contributed by atoms with E-state index in [9.17, 15) is 18.4 Å². The molecule has 0 aliphatic carbocycles. The first-order chi connectivity index (χ1) is 15.5. The van der Waals surface area contributed by atoms with Gasteiger partial charge < -0.3 is 19.4 Å². The van der Waals surface area contributed by atoms with Gasteiger partial charge in [0.25, 0.3) is 12.0 Å². The molecule has 10 nitrogen and oxygen atoms in total. The number of aromatic nitrogens is 4. The molecule has 2 heterocycles. The molecule has 0 aliphatic heterocycles. The Morgan fingerprint density at radius 3 is 1.59 bits per heavy atom. The van der Waals surface area contributed by atoms with Gasteiger partial charge >= 0.3 is 0 Å². The maximum absolute atomic E-state index is 14.8. The van der Waals surface area contributed by atoms with Crippen LogP contribution < -0.4 is 9.47 Å². The van der Waals surface area contributed by atoms with Gasteiger partial charge in [-0.15, -0.1) is 0 Å². The van der Waals surface area contributed by atoms with Crippen LogP contribution >= 0.6 is 21.6 Å². The van der Waals surface area contributed by atoms with Gasteiger partial charge in [-0.1, -0.05) is 0 Å². The molecule has 2 N–H and O–H groups in total. The first-order valence-electron chi connectivity index (χ1n) is 8.53. The number of aromatic amines is 2. The number of hydrogen-bond acceptors (Lipinski definition) is 10. The van der Waals surface area contributed by atoms with Crippen LogP contribution in [0.2, 0.25) is 0 Å². The lowest BCUT2D eigenvalue weighted by molar-refractivity contribution is 0.385. The van der Waals surface area contributed by atoms with Crippen LogP contribution in [0, 0.1) is 11.6 Å². The van der Waals surface area contributed by atoms with Gasteiger partial charge in [-0.3, -0.25) is 0 Å². The smallest absolute Gasteiger partial charge is 0.294 e. The molecule has 0 saturated heterocycles. The molecule has 0 unspecified atom stereocenters. The highest BCUT2D eigenvalue weighted by Crippen LogP contribution is 2.50. The number of halogens is 2. The van der Waals surface area contributed by atoms with Crippen molar-refractivity contribution in [1.29, 1.82) is 0 Å². The molecule has 0 fully saturated rings. The summed E-state index contributed by atoms with van der Waals surface area (Å²) in [5, 5.41) is 0. The van der Waals surface area contributed by atoms with Crippen LogP contribution in [0.25, 0.3) is 22.1 Å². The summed E-state index contributed by atoms with van der Waals surface area (Å²) in [6.45, 7) is 0. The Labute approximate surface area is 184 Å². The van der Waals surface area contributed by atoms with Gasteiger partial charge in [-0.25, -0.2) is 18.4 Å². The first-order valence-corrected chi connectivity index (χ1v) is 10.7. The molecule has 32 heavy (non-hydrogen) atoms. The number of benzene rings is 2. The number of imidazole rings is 2. The maximum Gasteiger partial charge on any atom is 0.294 e. The quantitative estimate of drug-likeness (QED) is 0.227. The number of carbonyl (C=O) groups excluding carboxylic acids is 2. The van der Waals surface area contributed by atoms with Crippen molar-refractivity contribution in [3.63, 3.8) is 0 Å². The molecular weight excluding hydrogens is 466 g/mol. The van der Waals surface area contributed by atoms with E-state index in [-0.39, 0.29) is 55.3 Å². The minimum absolute atomic E-state index is 0.0869. The van der Waals surface area contributed by atoms with Crippen LogP contribution in [0.3, 0.4) is 0 Å². The minimum atomic E-state index is -0.761. The van der Waals surface area contributed by atoms with Gasteiger partial charge in [0.1, 0.15) is 23.0 Å². The number of isocyanates is 2. The van der Waals surface area contributed by atoms with E-state index in [0.717, 1.165) is 33.7 Å². The third-order valence-electron chi connectivity index (χ3n) is 4.19. The number of hydrogen-bond donors (Lipinski definition) is 2. The van der Waals surface area contributed by atoms with Crippen LogP contribution in [0.4, 0.5) is 20.2 Å². The van der Waals surface area contributed by atoms with Crippen molar-refractivity contribution < 1.29 is 27.8 Å². The van der Waals surface area contributed by atoms with Crippen molar-refractivity contribution in [1.82, 2.24) is 19.9 Å². The molecule has 4 rings (SSSR count). The summed E-state index contributed by atoms with van der Waals surface area (Å²) in [4.78, 5) is 42.5. The fourth-order valence-electron chi connectivity index (χ4n) is 2.86. The fourth-order valence-corrected chi connectivity index (χ4v) is 5.21. The van der Waals surface area contributed by atoms with Gasteiger partial charge in [0, 0.05) is 12.1 Å². The highest BCUT2D eigenvalue weighted by molar-refractivity contribution is 8.76. The van der Waals surface area contributed by atoms with E-state index in [1.165, 1.54) is 26.4 Å². The SMILES string of the molecule is COc1nc2cc(F)c(SSc3c(F)cc4nc(OC)[nH]c4c3N=C=O)c(N=C=O)c2[nH]1. The average Bonchev–Trinajstić information content (AvgIpc) is 3.38. The molecule has 0 radical (unpaired) electrons. The van der Waals surface area contributed by atoms with Crippen molar-refractivity contribution in [2.45, 2.75) is 9.79 Å². The van der Waals surface area contributed by atoms with E-state index in [1.807, 2.05) is 0 Å². The van der Waals surface area contributed by atoms with Crippen LogP contribution in [-0.4, -0.2) is 46.3 Å². The van der Waals surface area contributed by atoms with Crippen molar-refractivity contribution in [2.75, 3.05) is 14.2 Å². The van der Waals surface area contributed by atoms with Crippen molar-refractivity contribution in [2.24, 2.45) is 9.98 Å². The number of nitrogens with zero attached hydrogens (tertiary/aromatic N) is 4. The minimum Gasteiger partial charge on any atom is -0.468 e. The normalized spacial score (nSPS) is 10.8. The van der Waals surface area contributed by atoms with Crippen molar-refractivity contribution >= 4 is 67.2 Å². The Kier molecular flexibility index (Phi) is 5.93. The fraction of sp³-hybridized carbons (Fsp3) is 0.111. The molecule has 0 aliphatic rings. The first kappa shape index (κ1) is 21.5. The third-order valence-corrected chi connectivity index (χ3v) is 6.64. The number of methoxy groups -OCH3 is 2. The molecule has 162 valence electrons. The Hall–Kier alpha value is -3.70. The zero-order chi connectivity index (χ0) is 22.8. The van der Waals surface area contributed by atoms with Crippen molar-refractivity contribution in [3.8, 4) is 12.0 Å². The second kappa shape index (κ2) is 8.81. The molecule has 0 saturated carbocycles. The molecule has 2 aromatic carbocycles. The molecule has 0 amide bonds. The standard InChI is InChI=1S/C18H10F2N6O4S2/c1-29-17-23-9-3-7(19)15(13(21-5-27)11(9)25-17)31-32-16-8(20)4-10-12(14(16)22-6-28)26-18(24-10)30-2/h3-4H,1-2H3,(H,23,25)(H,24,26). The number of aliphatic imine (C=N–C) groups is 2. The molecular formula is C18H10F2N6O4S2. The van der Waals surface area contributed by atoms with E-state index in [1.54, 1.807) is 0 Å². The van der Waals surface area contributed by atoms with E-state index in [2.05, 4.69) is 29.9 Å². The summed E-state index contributed by atoms with van der Waals surface area (Å²) in [7, 11) is 4.24. The second-order valence-corrected chi connectivity index (χ2v) is 8.08. The number of H-pyrrole nitrogens is 2.